The van der Waals surface area contributed by atoms with Crippen molar-refractivity contribution in [2.75, 3.05) is 0 Å². The van der Waals surface area contributed by atoms with Gasteiger partial charge < -0.3 is 9.05 Å². The Morgan fingerprint density at radius 3 is 1.61 bits per heavy atom. The van der Waals surface area contributed by atoms with Crippen LogP contribution in [0.3, 0.4) is 0 Å². The van der Waals surface area contributed by atoms with Crippen molar-refractivity contribution in [3.05, 3.63) is 95.6 Å². The first-order valence-electron chi connectivity index (χ1n) is 21.2. The highest BCUT2D eigenvalue weighted by molar-refractivity contribution is 7.48. The van der Waals surface area contributed by atoms with Crippen molar-refractivity contribution >= 4 is 37.2 Å². The van der Waals surface area contributed by atoms with E-state index in [2.05, 4.69) is 18.2 Å². The zero-order chi connectivity index (χ0) is 39.7. The van der Waals surface area contributed by atoms with Crippen molar-refractivity contribution in [1.29, 1.82) is 0 Å². The molecule has 0 saturated heterocycles. The molecule has 3 fully saturated rings. The van der Waals surface area contributed by atoms with Crippen LogP contribution in [0.25, 0.3) is 43.8 Å². The Bertz CT molecular complexity index is 2290. The maximum atomic E-state index is 13.5. The van der Waals surface area contributed by atoms with Gasteiger partial charge in [-0.3, -0.25) is 19.2 Å². The third kappa shape index (κ3) is 8.93. The highest BCUT2D eigenvalue weighted by Gasteiger charge is 2.35. The summed E-state index contributed by atoms with van der Waals surface area (Å²) in [5, 5.41) is 3.01. The maximum absolute atomic E-state index is 13.5. The second-order valence-corrected chi connectivity index (χ2v) is 19.4. The molecular weight excluding hydrogens is 754 g/mol. The summed E-state index contributed by atoms with van der Waals surface area (Å²) in [6.45, 7) is 3.31. The molecule has 0 bridgehead atoms. The van der Waals surface area contributed by atoms with Crippen LogP contribution in [0, 0.1) is 0 Å². The standard InChI is InChI=1S/C47H56O8P2/c1-31(2)53-57(51,52)54-43-27-26-35-22-12-14-24-38(35)45(43)46-39-25-15-13-23-36(39)28-42(47(46)55-56(48,49)50)44-40(33-18-8-4-9-19-33)29-37(32-16-6-3-7-17-32)30-41(44)34-20-10-5-11-21-34/h12-15,22-34H,3-11,16-21H2,1-2H3,(H,51,52)(H2,48,49,50). The van der Waals surface area contributed by atoms with Gasteiger partial charge in [-0.2, -0.15) is 0 Å². The lowest BCUT2D eigenvalue weighted by atomic mass is 9.72. The van der Waals surface area contributed by atoms with Gasteiger partial charge in [0.25, 0.3) is 0 Å². The smallest absolute Gasteiger partial charge is 0.403 e. The molecule has 3 saturated carbocycles. The molecule has 302 valence electrons. The van der Waals surface area contributed by atoms with Gasteiger partial charge in [0.05, 0.1) is 6.10 Å². The first-order chi connectivity index (χ1) is 27.5. The Kier molecular flexibility index (Phi) is 12.0. The Morgan fingerprint density at radius 2 is 1.07 bits per heavy atom. The van der Waals surface area contributed by atoms with Crippen molar-refractivity contribution in [2.45, 2.75) is 134 Å². The van der Waals surface area contributed by atoms with E-state index in [0.29, 0.717) is 45.2 Å². The number of hydrogen-bond donors (Lipinski definition) is 3. The monoisotopic (exact) mass is 810 g/mol. The van der Waals surface area contributed by atoms with Crippen LogP contribution < -0.4 is 9.05 Å². The van der Waals surface area contributed by atoms with Crippen LogP contribution in [0.5, 0.6) is 11.5 Å². The summed E-state index contributed by atoms with van der Waals surface area (Å²) < 4.78 is 44.3. The fraction of sp³-hybridized carbons (Fsp3) is 0.447. The van der Waals surface area contributed by atoms with E-state index in [1.807, 2.05) is 54.6 Å². The third-order valence-electron chi connectivity index (χ3n) is 12.6. The van der Waals surface area contributed by atoms with Crippen molar-refractivity contribution in [2.24, 2.45) is 0 Å². The average Bonchev–Trinajstić information content (AvgIpc) is 3.20. The topological polar surface area (TPSA) is 123 Å². The van der Waals surface area contributed by atoms with Crippen LogP contribution in [0.15, 0.2) is 78.9 Å². The summed E-state index contributed by atoms with van der Waals surface area (Å²) in [7, 11) is -9.84. The molecule has 0 aliphatic heterocycles. The lowest BCUT2D eigenvalue weighted by molar-refractivity contribution is 0.162. The molecule has 0 spiro atoms. The molecule has 3 N–H and O–H groups in total. The normalized spacial score (nSPS) is 18.9. The molecular formula is C47H56O8P2. The lowest BCUT2D eigenvalue weighted by Crippen LogP contribution is -2.14. The maximum Gasteiger partial charge on any atom is 0.527 e. The summed E-state index contributed by atoms with van der Waals surface area (Å²) >= 11 is 0. The third-order valence-corrected chi connectivity index (χ3v) is 14.1. The van der Waals surface area contributed by atoms with Crippen LogP contribution in [-0.2, 0) is 13.7 Å². The second-order valence-electron chi connectivity index (χ2n) is 16.9. The van der Waals surface area contributed by atoms with Crippen molar-refractivity contribution in [3.8, 4) is 33.8 Å². The molecule has 8 rings (SSSR count). The zero-order valence-corrected chi connectivity index (χ0v) is 35.0. The first-order valence-corrected chi connectivity index (χ1v) is 24.2. The van der Waals surface area contributed by atoms with E-state index in [-0.39, 0.29) is 11.5 Å². The van der Waals surface area contributed by atoms with Gasteiger partial charge >= 0.3 is 15.6 Å². The minimum absolute atomic E-state index is 0.0420. The number of phosphoric acid groups is 2. The van der Waals surface area contributed by atoms with Gasteiger partial charge in [-0.1, -0.05) is 125 Å². The molecule has 3 aliphatic rings. The van der Waals surface area contributed by atoms with Crippen molar-refractivity contribution in [1.82, 2.24) is 0 Å². The lowest BCUT2D eigenvalue weighted by Gasteiger charge is -2.33. The molecule has 57 heavy (non-hydrogen) atoms. The molecule has 8 nitrogen and oxygen atoms in total. The number of phosphoric ester groups is 2. The van der Waals surface area contributed by atoms with Crippen LogP contribution in [0.1, 0.15) is 145 Å². The summed E-state index contributed by atoms with van der Waals surface area (Å²) in [5.74, 6) is 1.17. The Morgan fingerprint density at radius 1 is 0.561 bits per heavy atom. The number of hydrogen-bond acceptors (Lipinski definition) is 5. The van der Waals surface area contributed by atoms with Crippen LogP contribution in [-0.4, -0.2) is 20.8 Å². The fourth-order valence-electron chi connectivity index (χ4n) is 10.1. The van der Waals surface area contributed by atoms with Gasteiger partial charge in [0.2, 0.25) is 0 Å². The summed E-state index contributed by atoms with van der Waals surface area (Å²) in [5.41, 5.74) is 6.38. The molecule has 10 heteroatoms. The Hall–Kier alpha value is -3.48. The first kappa shape index (κ1) is 40.3. The molecule has 5 aromatic rings. The van der Waals surface area contributed by atoms with E-state index in [9.17, 15) is 23.8 Å². The van der Waals surface area contributed by atoms with E-state index in [4.69, 9.17) is 13.6 Å². The van der Waals surface area contributed by atoms with Crippen LogP contribution in [0.4, 0.5) is 0 Å². The minimum atomic E-state index is -5.19. The van der Waals surface area contributed by atoms with Gasteiger partial charge in [-0.15, -0.1) is 0 Å². The average molecular weight is 811 g/mol. The highest BCUT2D eigenvalue weighted by atomic mass is 31.2. The van der Waals surface area contributed by atoms with E-state index < -0.39 is 21.7 Å². The number of benzene rings is 5. The predicted molar refractivity (Wildman–Crippen MR) is 229 cm³/mol. The van der Waals surface area contributed by atoms with Gasteiger partial charge in [-0.25, -0.2) is 9.13 Å². The molecule has 0 amide bonds. The van der Waals surface area contributed by atoms with E-state index in [1.54, 1.807) is 19.9 Å². The molecule has 3 aliphatic carbocycles. The molecule has 5 aromatic carbocycles. The zero-order valence-electron chi connectivity index (χ0n) is 33.2. The van der Waals surface area contributed by atoms with Crippen molar-refractivity contribution in [3.63, 3.8) is 0 Å². The van der Waals surface area contributed by atoms with Crippen LogP contribution in [0.2, 0.25) is 0 Å². The quantitative estimate of drug-likeness (QED) is 0.113. The predicted octanol–water partition coefficient (Wildman–Crippen LogP) is 13.8. The molecule has 1 unspecified atom stereocenters. The van der Waals surface area contributed by atoms with E-state index >= 15 is 0 Å². The van der Waals surface area contributed by atoms with E-state index in [0.717, 1.165) is 67.7 Å². The molecule has 0 radical (unpaired) electrons. The summed E-state index contributed by atoms with van der Waals surface area (Å²) in [6.07, 6.45) is 16.7. The molecule has 1 atom stereocenters. The van der Waals surface area contributed by atoms with Gasteiger partial charge in [-0.05, 0) is 126 Å². The SMILES string of the molecule is CC(C)OP(=O)(O)Oc1ccc2ccccc2c1-c1c(OP(=O)(O)O)c(-c2c(C3CCCCC3)cc(C3CCCCC3)cc2C2CCCCC2)cc2ccccc12. The second kappa shape index (κ2) is 17.0. The van der Waals surface area contributed by atoms with Crippen LogP contribution >= 0.6 is 15.6 Å². The van der Waals surface area contributed by atoms with Gasteiger partial charge in [0.15, 0.2) is 0 Å². The van der Waals surface area contributed by atoms with Gasteiger partial charge in [0, 0.05) is 16.7 Å². The Balaban J connectivity index is 1.50. The highest BCUT2D eigenvalue weighted by Crippen LogP contribution is 2.58. The minimum Gasteiger partial charge on any atom is -0.403 e. The largest absolute Gasteiger partial charge is 0.527 e. The number of fused-ring (bicyclic) bond motifs is 2. The Labute approximate surface area is 336 Å². The fourth-order valence-corrected chi connectivity index (χ4v) is 11.5. The van der Waals surface area contributed by atoms with Gasteiger partial charge in [0.1, 0.15) is 11.5 Å². The summed E-state index contributed by atoms with van der Waals surface area (Å²) in [6, 6.07) is 25.8. The molecule has 0 aromatic heterocycles. The van der Waals surface area contributed by atoms with E-state index in [1.165, 1.54) is 61.6 Å². The van der Waals surface area contributed by atoms with Crippen molar-refractivity contribution < 1.29 is 37.4 Å². The molecule has 0 heterocycles. The summed E-state index contributed by atoms with van der Waals surface area (Å²) in [4.78, 5) is 32.7. The number of rotatable bonds is 11.